The van der Waals surface area contributed by atoms with Gasteiger partial charge in [0.05, 0.1) is 5.97 Å². The molecule has 1 N–H and O–H groups in total. The summed E-state index contributed by atoms with van der Waals surface area (Å²) >= 11 is 0. The fourth-order valence-electron chi connectivity index (χ4n) is 0.706. The Morgan fingerprint density at radius 2 is 2.09 bits per heavy atom. The minimum Gasteiger partial charge on any atom is -0.545 e. The molecule has 0 spiro atoms. The average molecular weight is 157 g/mol. The van der Waals surface area contributed by atoms with Crippen molar-refractivity contribution in [3.63, 3.8) is 0 Å². The molecular weight excluding hydrogens is 144 g/mol. The third-order valence-electron chi connectivity index (χ3n) is 1.41. The van der Waals surface area contributed by atoms with Crippen LogP contribution in [0.1, 0.15) is 20.3 Å². The van der Waals surface area contributed by atoms with E-state index in [4.69, 9.17) is 5.11 Å². The van der Waals surface area contributed by atoms with Gasteiger partial charge < -0.3 is 15.0 Å². The molecule has 0 aliphatic carbocycles. The molecule has 3 heteroatoms. The predicted molar refractivity (Wildman–Crippen MR) is 39.6 cm³/mol. The minimum absolute atomic E-state index is 0.0315. The second-order valence-corrected chi connectivity index (χ2v) is 3.39. The van der Waals surface area contributed by atoms with Gasteiger partial charge in [0.25, 0.3) is 0 Å². The van der Waals surface area contributed by atoms with Gasteiger partial charge in [0.1, 0.15) is 0 Å². The first kappa shape index (κ1) is 10.2. The molecule has 0 aromatic heterocycles. The monoisotopic (exact) mass is 157 g/mol. The van der Waals surface area contributed by atoms with Gasteiger partial charge in [-0.25, -0.2) is 0 Å². The lowest BCUT2D eigenvalue weighted by molar-refractivity contribution is -0.299. The number of carbonyl (C=O) groups is 1. The second kappa shape index (κ2) is 3.53. The van der Waals surface area contributed by atoms with Crippen LogP contribution in [0.25, 0.3) is 0 Å². The maximum atomic E-state index is 10.2. The van der Waals surface area contributed by atoms with Crippen molar-refractivity contribution in [2.75, 3.05) is 6.61 Å². The highest BCUT2D eigenvalue weighted by atomic mass is 16.4. The summed E-state index contributed by atoms with van der Waals surface area (Å²) in [6, 6.07) is 0. The molecule has 0 heterocycles. The number of carbonyl (C=O) groups excluding carboxylic acids is 1. The quantitative estimate of drug-likeness (QED) is 0.570. The largest absolute Gasteiger partial charge is 0.545 e. The Labute approximate surface area is 66.4 Å². The van der Waals surface area contributed by atoms with Crippen molar-refractivity contribution in [1.29, 1.82) is 0 Å². The number of rotatable bonds is 4. The van der Waals surface area contributed by atoms with Crippen molar-refractivity contribution in [1.82, 2.24) is 0 Å². The van der Waals surface area contributed by atoms with Crippen LogP contribution in [0.15, 0.2) is 12.2 Å². The smallest absolute Gasteiger partial charge is 0.0669 e. The molecule has 0 fully saturated rings. The van der Waals surface area contributed by atoms with Crippen molar-refractivity contribution < 1.29 is 15.0 Å². The maximum absolute atomic E-state index is 10.2. The molecule has 0 bridgehead atoms. The van der Waals surface area contributed by atoms with E-state index >= 15 is 0 Å². The molecule has 11 heavy (non-hydrogen) atoms. The number of hydrogen-bond donors (Lipinski definition) is 1. The molecule has 0 rings (SSSR count). The number of carboxylic acid groups (broad SMARTS) is 1. The van der Waals surface area contributed by atoms with E-state index in [0.717, 1.165) is 0 Å². The van der Waals surface area contributed by atoms with Gasteiger partial charge in [-0.1, -0.05) is 20.4 Å². The van der Waals surface area contributed by atoms with Gasteiger partial charge in [0.2, 0.25) is 0 Å². The lowest BCUT2D eigenvalue weighted by Crippen LogP contribution is -2.28. The Hall–Kier alpha value is -0.830. The highest BCUT2D eigenvalue weighted by Gasteiger charge is 2.17. The molecule has 0 aliphatic heterocycles. The number of hydrogen-bond acceptors (Lipinski definition) is 3. The van der Waals surface area contributed by atoms with E-state index in [1.54, 1.807) is 13.8 Å². The number of aliphatic hydroxyl groups excluding tert-OH is 1. The van der Waals surface area contributed by atoms with E-state index in [9.17, 15) is 9.90 Å². The molecule has 0 aliphatic rings. The van der Waals surface area contributed by atoms with Crippen molar-refractivity contribution in [3.05, 3.63) is 12.2 Å². The highest BCUT2D eigenvalue weighted by molar-refractivity contribution is 5.83. The van der Waals surface area contributed by atoms with Gasteiger partial charge in [0, 0.05) is 6.61 Å². The summed E-state index contributed by atoms with van der Waals surface area (Å²) in [4.78, 5) is 10.2. The van der Waals surface area contributed by atoms with Crippen LogP contribution in [0.5, 0.6) is 0 Å². The lowest BCUT2D eigenvalue weighted by atomic mass is 9.87. The summed E-state index contributed by atoms with van der Waals surface area (Å²) in [5.74, 6) is -1.24. The molecule has 0 aromatic carbocycles. The van der Waals surface area contributed by atoms with Crippen molar-refractivity contribution in [3.8, 4) is 0 Å². The van der Waals surface area contributed by atoms with Crippen LogP contribution in [-0.4, -0.2) is 17.7 Å². The van der Waals surface area contributed by atoms with E-state index in [1.165, 1.54) is 0 Å². The molecule has 0 aromatic rings. The topological polar surface area (TPSA) is 60.4 Å². The molecule has 3 nitrogen and oxygen atoms in total. The summed E-state index contributed by atoms with van der Waals surface area (Å²) in [5, 5.41) is 19.0. The van der Waals surface area contributed by atoms with E-state index < -0.39 is 11.4 Å². The van der Waals surface area contributed by atoms with E-state index in [0.29, 0.717) is 0 Å². The van der Waals surface area contributed by atoms with Crippen LogP contribution in [0.2, 0.25) is 0 Å². The first-order chi connectivity index (χ1) is 4.89. The summed E-state index contributed by atoms with van der Waals surface area (Å²) in [6.07, 6.45) is 0.256. The number of aliphatic carboxylic acids is 1. The van der Waals surface area contributed by atoms with Gasteiger partial charge >= 0.3 is 0 Å². The molecular formula is C8H13O3-. The van der Waals surface area contributed by atoms with Crippen molar-refractivity contribution >= 4 is 5.97 Å². The van der Waals surface area contributed by atoms with Crippen molar-refractivity contribution in [2.24, 2.45) is 5.41 Å². The predicted octanol–water partition coefficient (Wildman–Crippen LogP) is -0.299. The average Bonchev–Trinajstić information content (AvgIpc) is 1.87. The molecule has 0 atom stereocenters. The van der Waals surface area contributed by atoms with Crippen LogP contribution in [0, 0.1) is 5.41 Å². The molecule has 0 saturated heterocycles. The van der Waals surface area contributed by atoms with Crippen LogP contribution in [0.4, 0.5) is 0 Å². The fraction of sp³-hybridized carbons (Fsp3) is 0.625. The zero-order valence-corrected chi connectivity index (χ0v) is 6.89. The molecule has 0 unspecified atom stereocenters. The Bertz CT molecular complexity index is 170. The van der Waals surface area contributed by atoms with Gasteiger partial charge in [-0.2, -0.15) is 0 Å². The maximum Gasteiger partial charge on any atom is 0.0669 e. The first-order valence-electron chi connectivity index (χ1n) is 3.39. The molecule has 0 amide bonds. The SMILES string of the molecule is C=C(CC(C)(C)CO)C(=O)[O-]. The van der Waals surface area contributed by atoms with Gasteiger partial charge in [0.15, 0.2) is 0 Å². The second-order valence-electron chi connectivity index (χ2n) is 3.39. The minimum atomic E-state index is -1.24. The fourth-order valence-corrected chi connectivity index (χ4v) is 0.706. The van der Waals surface area contributed by atoms with E-state index in [2.05, 4.69) is 6.58 Å². The van der Waals surface area contributed by atoms with Crippen molar-refractivity contribution in [2.45, 2.75) is 20.3 Å². The number of carboxylic acids is 1. The van der Waals surface area contributed by atoms with Crippen LogP contribution >= 0.6 is 0 Å². The zero-order valence-electron chi connectivity index (χ0n) is 6.89. The van der Waals surface area contributed by atoms with Gasteiger partial charge in [-0.05, 0) is 17.4 Å². The number of aliphatic hydroxyl groups is 1. The van der Waals surface area contributed by atoms with Crippen LogP contribution < -0.4 is 5.11 Å². The first-order valence-corrected chi connectivity index (χ1v) is 3.39. The standard InChI is InChI=1S/C8H14O3/c1-6(7(10)11)4-8(2,3)5-9/h9H,1,4-5H2,2-3H3,(H,10,11)/p-1. The zero-order chi connectivity index (χ0) is 9.07. The molecule has 0 radical (unpaired) electrons. The summed E-state index contributed by atoms with van der Waals surface area (Å²) in [5.41, 5.74) is -0.388. The Balaban J connectivity index is 4.04. The third kappa shape index (κ3) is 3.78. The Morgan fingerprint density at radius 3 is 2.36 bits per heavy atom. The Kier molecular flexibility index (Phi) is 3.26. The third-order valence-corrected chi connectivity index (χ3v) is 1.41. The van der Waals surface area contributed by atoms with Crippen LogP contribution in [0.3, 0.4) is 0 Å². The molecule has 64 valence electrons. The Morgan fingerprint density at radius 1 is 1.64 bits per heavy atom. The van der Waals surface area contributed by atoms with E-state index in [1.807, 2.05) is 0 Å². The van der Waals surface area contributed by atoms with E-state index in [-0.39, 0.29) is 18.6 Å². The summed E-state index contributed by atoms with van der Waals surface area (Å²) in [6.45, 7) is 6.79. The summed E-state index contributed by atoms with van der Waals surface area (Å²) < 4.78 is 0. The lowest BCUT2D eigenvalue weighted by Gasteiger charge is -2.22. The van der Waals surface area contributed by atoms with Gasteiger partial charge in [-0.3, -0.25) is 0 Å². The molecule has 0 saturated carbocycles. The summed E-state index contributed by atoms with van der Waals surface area (Å²) in [7, 11) is 0. The normalized spacial score (nSPS) is 11.2. The van der Waals surface area contributed by atoms with Crippen LogP contribution in [-0.2, 0) is 4.79 Å². The van der Waals surface area contributed by atoms with Gasteiger partial charge in [-0.15, -0.1) is 0 Å². The highest BCUT2D eigenvalue weighted by Crippen LogP contribution is 2.22.